The molecule has 0 saturated carbocycles. The maximum absolute atomic E-state index is 13.6. The van der Waals surface area contributed by atoms with Gasteiger partial charge >= 0.3 is 0 Å². The lowest BCUT2D eigenvalue weighted by atomic mass is 9.83. The van der Waals surface area contributed by atoms with Crippen LogP contribution >= 0.6 is 0 Å². The van der Waals surface area contributed by atoms with E-state index in [1.165, 1.54) is 4.31 Å². The van der Waals surface area contributed by atoms with Gasteiger partial charge in [-0.15, -0.1) is 0 Å². The third-order valence-electron chi connectivity index (χ3n) is 7.36. The van der Waals surface area contributed by atoms with E-state index in [4.69, 9.17) is 9.47 Å². The van der Waals surface area contributed by atoms with Crippen molar-refractivity contribution in [1.29, 1.82) is 0 Å². The standard InChI is InChI=1S/C29H32N2O5S/c1-3-29(4-2)18-23(22-14-8-10-16-25(22)36-29)30-28(32)27-19-31(24-15-9-11-17-26(24)35-27)37(33,34)20-21-12-6-5-7-13-21/h5-17,23,27H,3-4,18-20H2,1-2H3,(H,30,32)/t23-,27-/m0/s1. The summed E-state index contributed by atoms with van der Waals surface area (Å²) in [6.07, 6.45) is 1.25. The van der Waals surface area contributed by atoms with Gasteiger partial charge in [0.25, 0.3) is 5.91 Å². The maximum Gasteiger partial charge on any atom is 0.263 e. The Bertz CT molecular complexity index is 1370. The minimum Gasteiger partial charge on any atom is -0.487 e. The molecule has 3 aromatic rings. The first kappa shape index (κ1) is 25.1. The van der Waals surface area contributed by atoms with Gasteiger partial charge in [-0.2, -0.15) is 0 Å². The van der Waals surface area contributed by atoms with Crippen LogP contribution in [0.1, 0.15) is 50.3 Å². The highest BCUT2D eigenvalue weighted by atomic mass is 32.2. The molecule has 7 nitrogen and oxygen atoms in total. The van der Waals surface area contributed by atoms with Gasteiger partial charge in [0.15, 0.2) is 6.10 Å². The van der Waals surface area contributed by atoms with Crippen molar-refractivity contribution < 1.29 is 22.7 Å². The van der Waals surface area contributed by atoms with Gasteiger partial charge in [-0.25, -0.2) is 8.42 Å². The summed E-state index contributed by atoms with van der Waals surface area (Å²) >= 11 is 0. The fourth-order valence-electron chi connectivity index (χ4n) is 5.16. The van der Waals surface area contributed by atoms with Crippen molar-refractivity contribution in [3.63, 3.8) is 0 Å². The van der Waals surface area contributed by atoms with E-state index in [-0.39, 0.29) is 29.8 Å². The average Bonchev–Trinajstić information content (AvgIpc) is 2.92. The molecule has 194 valence electrons. The highest BCUT2D eigenvalue weighted by Gasteiger charge is 2.41. The van der Waals surface area contributed by atoms with Crippen molar-refractivity contribution in [1.82, 2.24) is 5.32 Å². The van der Waals surface area contributed by atoms with Crippen molar-refractivity contribution in [2.75, 3.05) is 10.8 Å². The summed E-state index contributed by atoms with van der Waals surface area (Å²) in [7, 11) is -3.77. The third-order valence-corrected chi connectivity index (χ3v) is 9.07. The first-order valence-corrected chi connectivity index (χ1v) is 14.3. The average molecular weight is 521 g/mol. The van der Waals surface area contributed by atoms with Crippen LogP contribution in [0.15, 0.2) is 78.9 Å². The van der Waals surface area contributed by atoms with Gasteiger partial charge in [0.1, 0.15) is 17.1 Å². The Kier molecular flexibility index (Phi) is 6.86. The summed E-state index contributed by atoms with van der Waals surface area (Å²) < 4.78 is 40.8. The Morgan fingerprint density at radius 1 is 0.946 bits per heavy atom. The molecule has 1 N–H and O–H groups in total. The number of carbonyl (C=O) groups is 1. The van der Waals surface area contributed by atoms with Crippen LogP contribution in [0.25, 0.3) is 0 Å². The number of fused-ring (bicyclic) bond motifs is 2. The van der Waals surface area contributed by atoms with Crippen LogP contribution in [-0.2, 0) is 20.6 Å². The minimum atomic E-state index is -3.77. The number of carbonyl (C=O) groups excluding carboxylic acids is 1. The van der Waals surface area contributed by atoms with Gasteiger partial charge in [-0.1, -0.05) is 74.5 Å². The number of para-hydroxylation sites is 3. The molecule has 2 atom stereocenters. The molecule has 2 aliphatic rings. The van der Waals surface area contributed by atoms with E-state index in [9.17, 15) is 13.2 Å². The Balaban J connectivity index is 1.41. The van der Waals surface area contributed by atoms with E-state index < -0.39 is 16.1 Å². The van der Waals surface area contributed by atoms with Crippen molar-refractivity contribution in [2.24, 2.45) is 0 Å². The summed E-state index contributed by atoms with van der Waals surface area (Å²) in [6, 6.07) is 23.5. The number of amides is 1. The molecule has 3 aromatic carbocycles. The second-order valence-electron chi connectivity index (χ2n) is 9.64. The van der Waals surface area contributed by atoms with Gasteiger partial charge in [-0.3, -0.25) is 9.10 Å². The number of hydrogen-bond acceptors (Lipinski definition) is 5. The van der Waals surface area contributed by atoms with Crippen molar-refractivity contribution in [2.45, 2.75) is 56.6 Å². The fourth-order valence-corrected chi connectivity index (χ4v) is 6.74. The van der Waals surface area contributed by atoms with Crippen LogP contribution in [0.3, 0.4) is 0 Å². The lowest BCUT2D eigenvalue weighted by molar-refractivity contribution is -0.129. The number of ether oxygens (including phenoxy) is 2. The minimum absolute atomic E-state index is 0.102. The van der Waals surface area contributed by atoms with Gasteiger partial charge in [-0.05, 0) is 36.6 Å². The number of nitrogens with one attached hydrogen (secondary N) is 1. The monoisotopic (exact) mass is 520 g/mol. The quantitative estimate of drug-likeness (QED) is 0.475. The third kappa shape index (κ3) is 5.03. The van der Waals surface area contributed by atoms with Crippen molar-refractivity contribution >= 4 is 21.6 Å². The number of hydrogen-bond donors (Lipinski definition) is 1. The zero-order valence-electron chi connectivity index (χ0n) is 21.1. The van der Waals surface area contributed by atoms with Gasteiger partial charge in [0, 0.05) is 12.0 Å². The smallest absolute Gasteiger partial charge is 0.263 e. The van der Waals surface area contributed by atoms with Gasteiger partial charge < -0.3 is 14.8 Å². The highest BCUT2D eigenvalue weighted by Crippen LogP contribution is 2.43. The Hall–Kier alpha value is -3.52. The number of nitrogens with zero attached hydrogens (tertiary/aromatic N) is 1. The molecule has 2 heterocycles. The SMILES string of the molecule is CCC1(CC)C[C@H](NC(=O)[C@@H]2CN(S(=O)(=O)Cc3ccccc3)c3ccccc3O2)c2ccccc2O1. The van der Waals surface area contributed by atoms with Crippen molar-refractivity contribution in [3.05, 3.63) is 90.0 Å². The molecule has 0 radical (unpaired) electrons. The molecular weight excluding hydrogens is 488 g/mol. The predicted molar refractivity (Wildman–Crippen MR) is 143 cm³/mol. The molecule has 0 aromatic heterocycles. The van der Waals surface area contributed by atoms with Crippen molar-refractivity contribution in [3.8, 4) is 11.5 Å². The molecular formula is C29H32N2O5S. The number of anilines is 1. The van der Waals surface area contributed by atoms with Crippen LogP contribution in [0.2, 0.25) is 0 Å². The first-order chi connectivity index (χ1) is 17.8. The summed E-state index contributed by atoms with van der Waals surface area (Å²) in [5.74, 6) is 0.621. The molecule has 5 rings (SSSR count). The molecule has 37 heavy (non-hydrogen) atoms. The molecule has 8 heteroatoms. The molecule has 0 unspecified atom stereocenters. The van der Waals surface area contributed by atoms with Crippen LogP contribution in [0, 0.1) is 0 Å². The second kappa shape index (κ2) is 10.1. The topological polar surface area (TPSA) is 84.9 Å². The lowest BCUT2D eigenvalue weighted by Crippen LogP contribution is -2.53. The number of rotatable bonds is 7. The van der Waals surface area contributed by atoms with E-state index >= 15 is 0 Å². The Morgan fingerprint density at radius 2 is 1.59 bits per heavy atom. The van der Waals surface area contributed by atoms with E-state index in [0.717, 1.165) is 24.2 Å². The summed E-state index contributed by atoms with van der Waals surface area (Å²) in [5.41, 5.74) is 1.66. The van der Waals surface area contributed by atoms with Gasteiger partial charge in [0.2, 0.25) is 10.0 Å². The Labute approximate surface area is 218 Å². The first-order valence-electron chi connectivity index (χ1n) is 12.7. The van der Waals surface area contributed by atoms with E-state index in [1.807, 2.05) is 42.5 Å². The van der Waals surface area contributed by atoms with Crippen LogP contribution in [-0.4, -0.2) is 32.6 Å². The molecule has 1 amide bonds. The van der Waals surface area contributed by atoms with Crippen LogP contribution in [0.4, 0.5) is 5.69 Å². The molecule has 0 bridgehead atoms. The molecule has 0 saturated heterocycles. The maximum atomic E-state index is 13.6. The molecule has 2 aliphatic heterocycles. The lowest BCUT2D eigenvalue weighted by Gasteiger charge is -2.42. The van der Waals surface area contributed by atoms with Gasteiger partial charge in [0.05, 0.1) is 24.0 Å². The number of benzene rings is 3. The highest BCUT2D eigenvalue weighted by molar-refractivity contribution is 7.92. The molecule has 0 fully saturated rings. The summed E-state index contributed by atoms with van der Waals surface area (Å²) in [4.78, 5) is 13.6. The molecule has 0 spiro atoms. The fraction of sp³-hybridized carbons (Fsp3) is 0.345. The van der Waals surface area contributed by atoms with E-state index in [0.29, 0.717) is 23.4 Å². The zero-order valence-corrected chi connectivity index (χ0v) is 21.9. The summed E-state index contributed by atoms with van der Waals surface area (Å²) in [6.45, 7) is 4.08. The normalized spacial score (nSPS) is 20.1. The second-order valence-corrected chi connectivity index (χ2v) is 11.5. The zero-order chi connectivity index (χ0) is 26.0. The van der Waals surface area contributed by atoms with E-state index in [2.05, 4.69) is 19.2 Å². The van der Waals surface area contributed by atoms with E-state index in [1.54, 1.807) is 36.4 Å². The Morgan fingerprint density at radius 3 is 2.32 bits per heavy atom. The predicted octanol–water partition coefficient (Wildman–Crippen LogP) is 4.98. The number of sulfonamides is 1. The summed E-state index contributed by atoms with van der Waals surface area (Å²) in [5, 5.41) is 3.16. The largest absolute Gasteiger partial charge is 0.487 e. The molecule has 0 aliphatic carbocycles. The van der Waals surface area contributed by atoms with Crippen LogP contribution in [0.5, 0.6) is 11.5 Å². The van der Waals surface area contributed by atoms with Crippen LogP contribution < -0.4 is 19.1 Å².